The molecule has 0 bridgehead atoms. The second-order valence-corrected chi connectivity index (χ2v) is 12.8. The van der Waals surface area contributed by atoms with Gasteiger partial charge in [0.2, 0.25) is 0 Å². The van der Waals surface area contributed by atoms with E-state index in [-0.39, 0.29) is 78.9 Å². The van der Waals surface area contributed by atoms with E-state index in [1.165, 1.54) is 12.1 Å². The van der Waals surface area contributed by atoms with Gasteiger partial charge < -0.3 is 9.84 Å². The van der Waals surface area contributed by atoms with Gasteiger partial charge in [-0.1, -0.05) is 95.1 Å². The van der Waals surface area contributed by atoms with Crippen molar-refractivity contribution in [3.05, 3.63) is 127 Å². The van der Waals surface area contributed by atoms with Crippen LogP contribution in [-0.2, 0) is 22.6 Å². The quantitative estimate of drug-likeness (QED) is 0.101. The van der Waals surface area contributed by atoms with Gasteiger partial charge in [0.1, 0.15) is 6.61 Å². The van der Waals surface area contributed by atoms with Gasteiger partial charge in [0, 0.05) is 9.13 Å². The molecule has 0 fully saturated rings. The van der Waals surface area contributed by atoms with E-state index in [0.29, 0.717) is 41.4 Å². The van der Waals surface area contributed by atoms with Gasteiger partial charge in [0.05, 0.1) is 29.2 Å². The van der Waals surface area contributed by atoms with Crippen LogP contribution in [0.5, 0.6) is 5.75 Å². The smallest absolute Gasteiger partial charge is 0.872 e. The molecule has 0 aromatic heterocycles. The third-order valence-electron chi connectivity index (χ3n) is 6.54. The third-order valence-corrected chi connectivity index (χ3v) is 10.0. The Bertz CT molecular complexity index is 1740. The van der Waals surface area contributed by atoms with Crippen molar-refractivity contribution < 1.29 is 49.0 Å². The number of esters is 1. The molecule has 5 rings (SSSR count). The van der Waals surface area contributed by atoms with Gasteiger partial charge in [0.15, 0.2) is 5.78 Å². The fraction of sp³-hybridized carbons (Fsp3) is 0.0667. The van der Waals surface area contributed by atoms with Crippen molar-refractivity contribution >= 4 is 115 Å². The molecule has 0 N–H and O–H groups in total. The second-order valence-electron chi connectivity index (χ2n) is 8.96. The molecule has 4 nitrogen and oxygen atoms in total. The average Bonchev–Trinajstić information content (AvgIpc) is 2.93. The molecular weight excluding hydrogens is 843 g/mol. The topological polar surface area (TPSA) is 66.4 Å². The molecule has 3 aromatic rings. The normalized spacial score (nSPS) is 14.0. The van der Waals surface area contributed by atoms with Crippen LogP contribution < -0.4 is 34.7 Å². The van der Waals surface area contributed by atoms with Gasteiger partial charge in [-0.15, -0.1) is 0 Å². The van der Waals surface area contributed by atoms with E-state index >= 15 is 0 Å². The van der Waals surface area contributed by atoms with Crippen LogP contribution in [0.3, 0.4) is 0 Å². The fourth-order valence-corrected chi connectivity index (χ4v) is 6.56. The maximum absolute atomic E-state index is 13.7. The monoisotopic (exact) mass is 856 g/mol. The molecule has 2 aliphatic carbocycles. The van der Waals surface area contributed by atoms with Crippen LogP contribution in [0.2, 0.25) is 20.1 Å². The van der Waals surface area contributed by atoms with E-state index in [1.807, 2.05) is 69.4 Å². The number of benzene rings is 3. The van der Waals surface area contributed by atoms with Crippen LogP contribution in [0.25, 0.3) is 11.6 Å². The third kappa shape index (κ3) is 6.37. The van der Waals surface area contributed by atoms with Crippen molar-refractivity contribution in [2.45, 2.75) is 13.0 Å². The second kappa shape index (κ2) is 13.4. The Hall–Kier alpha value is -0.820. The first-order chi connectivity index (χ1) is 19.0. The summed E-state index contributed by atoms with van der Waals surface area (Å²) in [7, 11) is 0. The SMILES string of the molecule is C=Cc1ccc(COC(=O)c2c(Cl)c(Cl)c(Cl)c(Cl)c2C2=C3C=C(I)C(=O)C=C3Cc3cc([O-])c(I)cc32)cc1.[Na+]. The molecule has 0 atom stereocenters. The Morgan fingerprint density at radius 1 is 1.00 bits per heavy atom. The van der Waals surface area contributed by atoms with Gasteiger partial charge in [-0.2, -0.15) is 0 Å². The number of rotatable bonds is 5. The van der Waals surface area contributed by atoms with Crippen molar-refractivity contribution in [3.63, 3.8) is 0 Å². The van der Waals surface area contributed by atoms with E-state index in [4.69, 9.17) is 51.1 Å². The minimum Gasteiger partial charge on any atom is -0.872 e. The van der Waals surface area contributed by atoms with Crippen LogP contribution in [0.4, 0.5) is 0 Å². The van der Waals surface area contributed by atoms with Crippen LogP contribution in [0, 0.1) is 3.57 Å². The Morgan fingerprint density at radius 2 is 1.66 bits per heavy atom. The average molecular weight is 858 g/mol. The van der Waals surface area contributed by atoms with Crippen molar-refractivity contribution in [3.8, 4) is 5.75 Å². The zero-order chi connectivity index (χ0) is 28.9. The number of fused-ring (bicyclic) bond motifs is 2. The summed E-state index contributed by atoms with van der Waals surface area (Å²) in [6.07, 6.45) is 5.32. The molecule has 0 unspecified atom stereocenters. The minimum absolute atomic E-state index is 0. The van der Waals surface area contributed by atoms with E-state index in [9.17, 15) is 14.7 Å². The number of carbonyl (C=O) groups excluding carboxylic acids is 2. The Balaban J connectivity index is 0.00000387. The molecule has 2 aliphatic rings. The van der Waals surface area contributed by atoms with Gasteiger partial charge in [-0.3, -0.25) is 4.79 Å². The summed E-state index contributed by atoms with van der Waals surface area (Å²) >= 11 is 30.4. The standard InChI is InChI=1S/C30H16Cl4I2O4.Na/c1-2-13-3-5-14(6-4-13)12-40-30(39)25-24(26(31)28(33)29(34)27(25)32)23-17-10-19(35)21(37)8-15(17)7-16-9-22(38)20(36)11-18(16)23;/h2-6,8-11,37H,1,7,12H2;/q;+1/p-1. The molecule has 11 heteroatoms. The predicted molar refractivity (Wildman–Crippen MR) is 176 cm³/mol. The van der Waals surface area contributed by atoms with Crippen molar-refractivity contribution in [1.82, 2.24) is 0 Å². The molecule has 0 saturated carbocycles. The number of hydrogen-bond donors (Lipinski definition) is 0. The van der Waals surface area contributed by atoms with Gasteiger partial charge >= 0.3 is 35.5 Å². The predicted octanol–water partition coefficient (Wildman–Crippen LogP) is 6.17. The zero-order valence-corrected chi connectivity index (χ0v) is 30.6. The van der Waals surface area contributed by atoms with Crippen molar-refractivity contribution in [2.24, 2.45) is 0 Å². The number of halogens is 6. The molecule has 41 heavy (non-hydrogen) atoms. The summed E-state index contributed by atoms with van der Waals surface area (Å²) in [5.74, 6) is -1.08. The van der Waals surface area contributed by atoms with Gasteiger partial charge in [0.25, 0.3) is 0 Å². The Kier molecular flexibility index (Phi) is 10.8. The molecule has 0 spiro atoms. The van der Waals surface area contributed by atoms with Gasteiger partial charge in [-0.25, -0.2) is 4.79 Å². The maximum atomic E-state index is 13.7. The van der Waals surface area contributed by atoms with Crippen LogP contribution in [0.1, 0.15) is 38.2 Å². The zero-order valence-electron chi connectivity index (χ0n) is 21.2. The van der Waals surface area contributed by atoms with Crippen LogP contribution >= 0.6 is 91.6 Å². The molecule has 0 heterocycles. The minimum atomic E-state index is -0.764. The first-order valence-electron chi connectivity index (χ1n) is 11.6. The molecular formula is C30H15Cl4I2NaO4. The summed E-state index contributed by atoms with van der Waals surface area (Å²) < 4.78 is 6.63. The summed E-state index contributed by atoms with van der Waals surface area (Å²) in [5.41, 5.74) is 4.99. The van der Waals surface area contributed by atoms with E-state index in [1.54, 1.807) is 18.2 Å². The number of ether oxygens (including phenoxy) is 1. The molecule has 0 aliphatic heterocycles. The van der Waals surface area contributed by atoms with E-state index < -0.39 is 5.97 Å². The van der Waals surface area contributed by atoms with Crippen LogP contribution in [-0.4, -0.2) is 11.8 Å². The molecule has 0 amide bonds. The maximum Gasteiger partial charge on any atom is 1.00 e. The fourth-order valence-electron chi connectivity index (χ4n) is 4.60. The van der Waals surface area contributed by atoms with Crippen LogP contribution in [0.15, 0.2) is 69.9 Å². The first-order valence-corrected chi connectivity index (χ1v) is 15.3. The number of allylic oxidation sites excluding steroid dienone is 5. The van der Waals surface area contributed by atoms with E-state index in [2.05, 4.69) is 6.58 Å². The largest absolute Gasteiger partial charge is 1.00 e. The summed E-state index contributed by atoms with van der Waals surface area (Å²) in [5, 5.41) is 12.3. The molecule has 202 valence electrons. The number of hydrogen-bond acceptors (Lipinski definition) is 4. The van der Waals surface area contributed by atoms with Crippen molar-refractivity contribution in [2.75, 3.05) is 0 Å². The number of ketones is 1. The Morgan fingerprint density at radius 3 is 2.32 bits per heavy atom. The molecule has 3 aromatic carbocycles. The van der Waals surface area contributed by atoms with Gasteiger partial charge in [-0.05, 0) is 109 Å². The summed E-state index contributed by atoms with van der Waals surface area (Å²) in [4.78, 5) is 26.3. The first kappa shape index (κ1) is 33.1. The Labute approximate surface area is 306 Å². The van der Waals surface area contributed by atoms with Crippen molar-refractivity contribution in [1.29, 1.82) is 0 Å². The molecule has 0 saturated heterocycles. The summed E-state index contributed by atoms with van der Waals surface area (Å²) in [6.45, 7) is 3.70. The summed E-state index contributed by atoms with van der Waals surface area (Å²) in [6, 6.07) is 10.6. The molecule has 0 radical (unpaired) electrons. The van der Waals surface area contributed by atoms with E-state index in [0.717, 1.165) is 11.1 Å². The number of carbonyl (C=O) groups is 2.